The average Bonchev–Trinajstić information content (AvgIpc) is 2.40. The molecule has 0 saturated carbocycles. The van der Waals surface area contributed by atoms with Crippen molar-refractivity contribution in [2.75, 3.05) is 6.61 Å². The Morgan fingerprint density at radius 2 is 1.89 bits per heavy atom. The van der Waals surface area contributed by atoms with Gasteiger partial charge in [0.05, 0.1) is 12.2 Å². The van der Waals surface area contributed by atoms with Crippen LogP contribution in [0.15, 0.2) is 42.5 Å². The van der Waals surface area contributed by atoms with Gasteiger partial charge in [-0.2, -0.15) is 0 Å². The molecule has 2 aromatic rings. The van der Waals surface area contributed by atoms with Crippen LogP contribution >= 0.6 is 11.6 Å². The molecule has 0 saturated heterocycles. The van der Waals surface area contributed by atoms with Gasteiger partial charge in [-0.3, -0.25) is 0 Å². The summed E-state index contributed by atoms with van der Waals surface area (Å²) in [5.41, 5.74) is 1.03. The third-order valence-electron chi connectivity index (χ3n) is 2.64. The Bertz CT molecular complexity index is 594. The van der Waals surface area contributed by atoms with Crippen LogP contribution in [0.1, 0.15) is 17.3 Å². The van der Waals surface area contributed by atoms with Crippen LogP contribution in [0.4, 0.5) is 4.39 Å². The van der Waals surface area contributed by atoms with E-state index in [-0.39, 0.29) is 17.7 Å². The minimum atomic E-state index is -0.535. The standard InChI is InChI=1S/C15H12ClFO2/c1-2-19-15(18)12-4-3-5-13(17)14(12)10-6-8-11(16)9-7-10/h3-9H,2H2,1H3. The Balaban J connectivity index is 2.55. The van der Waals surface area contributed by atoms with E-state index in [1.54, 1.807) is 37.3 Å². The lowest BCUT2D eigenvalue weighted by Gasteiger charge is -2.10. The normalized spacial score (nSPS) is 10.3. The molecule has 98 valence electrons. The van der Waals surface area contributed by atoms with Crippen molar-refractivity contribution in [3.05, 3.63) is 58.9 Å². The topological polar surface area (TPSA) is 26.3 Å². The molecular formula is C15H12ClFO2. The van der Waals surface area contributed by atoms with Gasteiger partial charge in [0.25, 0.3) is 0 Å². The van der Waals surface area contributed by atoms with Crippen molar-refractivity contribution in [3.8, 4) is 11.1 Å². The summed E-state index contributed by atoms with van der Waals surface area (Å²) in [7, 11) is 0. The number of carbonyl (C=O) groups excluding carboxylic acids is 1. The summed E-state index contributed by atoms with van der Waals surface area (Å²) in [6.07, 6.45) is 0. The lowest BCUT2D eigenvalue weighted by Crippen LogP contribution is -2.07. The summed E-state index contributed by atoms with van der Waals surface area (Å²) in [6.45, 7) is 1.95. The Labute approximate surface area is 115 Å². The van der Waals surface area contributed by atoms with Gasteiger partial charge in [-0.1, -0.05) is 29.8 Å². The summed E-state index contributed by atoms with van der Waals surface area (Å²) < 4.78 is 18.9. The number of hydrogen-bond donors (Lipinski definition) is 0. The van der Waals surface area contributed by atoms with Gasteiger partial charge >= 0.3 is 5.97 Å². The van der Waals surface area contributed by atoms with Crippen LogP contribution in [0, 0.1) is 5.82 Å². The van der Waals surface area contributed by atoms with Crippen molar-refractivity contribution < 1.29 is 13.9 Å². The minimum absolute atomic E-state index is 0.212. The molecule has 0 fully saturated rings. The van der Waals surface area contributed by atoms with Gasteiger partial charge < -0.3 is 4.74 Å². The third-order valence-corrected chi connectivity index (χ3v) is 2.89. The summed E-state index contributed by atoms with van der Waals surface area (Å²) in [5, 5.41) is 0.553. The molecule has 0 heterocycles. The zero-order valence-corrected chi connectivity index (χ0v) is 11.1. The van der Waals surface area contributed by atoms with E-state index >= 15 is 0 Å². The van der Waals surface area contributed by atoms with Gasteiger partial charge in [-0.25, -0.2) is 9.18 Å². The zero-order chi connectivity index (χ0) is 13.8. The largest absolute Gasteiger partial charge is 0.462 e. The first-order valence-corrected chi connectivity index (χ1v) is 6.23. The maximum Gasteiger partial charge on any atom is 0.338 e. The first-order chi connectivity index (χ1) is 9.13. The molecule has 2 nitrogen and oxygen atoms in total. The van der Waals surface area contributed by atoms with Gasteiger partial charge in [0.15, 0.2) is 0 Å². The van der Waals surface area contributed by atoms with Crippen molar-refractivity contribution in [3.63, 3.8) is 0 Å². The highest BCUT2D eigenvalue weighted by Gasteiger charge is 2.17. The highest BCUT2D eigenvalue weighted by atomic mass is 35.5. The fourth-order valence-corrected chi connectivity index (χ4v) is 1.94. The maximum absolute atomic E-state index is 14.0. The number of hydrogen-bond acceptors (Lipinski definition) is 2. The summed E-state index contributed by atoms with van der Waals surface area (Å²) in [6, 6.07) is 11.0. The molecule has 2 rings (SSSR count). The highest BCUT2D eigenvalue weighted by molar-refractivity contribution is 6.30. The lowest BCUT2D eigenvalue weighted by atomic mass is 9.99. The molecule has 2 aromatic carbocycles. The molecule has 0 unspecified atom stereocenters. The van der Waals surface area contributed by atoms with Crippen LogP contribution < -0.4 is 0 Å². The molecule has 0 aliphatic carbocycles. The number of rotatable bonds is 3. The first kappa shape index (κ1) is 13.6. The molecule has 0 N–H and O–H groups in total. The molecule has 0 amide bonds. The van der Waals surface area contributed by atoms with Gasteiger partial charge in [-0.15, -0.1) is 0 Å². The average molecular weight is 279 g/mol. The maximum atomic E-state index is 14.0. The second-order valence-electron chi connectivity index (χ2n) is 3.89. The summed E-state index contributed by atoms with van der Waals surface area (Å²) in [4.78, 5) is 11.8. The third kappa shape index (κ3) is 2.93. The predicted molar refractivity (Wildman–Crippen MR) is 72.8 cm³/mol. The molecule has 0 aliphatic heterocycles. The van der Waals surface area contributed by atoms with Crippen LogP contribution in [0.3, 0.4) is 0 Å². The van der Waals surface area contributed by atoms with Crippen LogP contribution in [0.25, 0.3) is 11.1 Å². The van der Waals surface area contributed by atoms with Crippen LogP contribution in [-0.4, -0.2) is 12.6 Å². The number of carbonyl (C=O) groups is 1. The second kappa shape index (κ2) is 5.85. The lowest BCUT2D eigenvalue weighted by molar-refractivity contribution is 0.0527. The molecule has 19 heavy (non-hydrogen) atoms. The van der Waals surface area contributed by atoms with E-state index in [2.05, 4.69) is 0 Å². The molecule has 4 heteroatoms. The summed E-state index contributed by atoms with van der Waals surface area (Å²) in [5.74, 6) is -1.00. The molecule has 0 aromatic heterocycles. The van der Waals surface area contributed by atoms with Crippen LogP contribution in [0.2, 0.25) is 5.02 Å². The number of ether oxygens (including phenoxy) is 1. The molecule has 0 bridgehead atoms. The summed E-state index contributed by atoms with van der Waals surface area (Å²) >= 11 is 5.81. The minimum Gasteiger partial charge on any atom is -0.462 e. The van der Waals surface area contributed by atoms with Crippen molar-refractivity contribution in [1.82, 2.24) is 0 Å². The van der Waals surface area contributed by atoms with E-state index in [1.165, 1.54) is 12.1 Å². The van der Waals surface area contributed by atoms with Crippen LogP contribution in [0.5, 0.6) is 0 Å². The first-order valence-electron chi connectivity index (χ1n) is 5.85. The zero-order valence-electron chi connectivity index (χ0n) is 10.3. The number of esters is 1. The quantitative estimate of drug-likeness (QED) is 0.782. The van der Waals surface area contributed by atoms with Crippen molar-refractivity contribution in [1.29, 1.82) is 0 Å². The van der Waals surface area contributed by atoms with Crippen molar-refractivity contribution in [2.24, 2.45) is 0 Å². The van der Waals surface area contributed by atoms with Gasteiger partial charge in [0.1, 0.15) is 5.82 Å². The smallest absolute Gasteiger partial charge is 0.338 e. The van der Waals surface area contributed by atoms with Gasteiger partial charge in [0.2, 0.25) is 0 Å². The molecule has 0 aliphatic rings. The van der Waals surface area contributed by atoms with E-state index in [0.717, 1.165) is 0 Å². The fourth-order valence-electron chi connectivity index (χ4n) is 1.81. The van der Waals surface area contributed by atoms with E-state index in [4.69, 9.17) is 16.3 Å². The van der Waals surface area contributed by atoms with E-state index in [1.807, 2.05) is 0 Å². The Kier molecular flexibility index (Phi) is 4.17. The molecule has 0 radical (unpaired) electrons. The molecule has 0 atom stereocenters. The SMILES string of the molecule is CCOC(=O)c1cccc(F)c1-c1ccc(Cl)cc1. The van der Waals surface area contributed by atoms with E-state index < -0.39 is 11.8 Å². The predicted octanol–water partition coefficient (Wildman–Crippen LogP) is 4.32. The second-order valence-corrected chi connectivity index (χ2v) is 4.33. The van der Waals surface area contributed by atoms with Crippen molar-refractivity contribution in [2.45, 2.75) is 6.92 Å². The molecule has 0 spiro atoms. The van der Waals surface area contributed by atoms with Crippen LogP contribution in [-0.2, 0) is 4.74 Å². The highest BCUT2D eigenvalue weighted by Crippen LogP contribution is 2.28. The Morgan fingerprint density at radius 3 is 2.53 bits per heavy atom. The van der Waals surface area contributed by atoms with Crippen molar-refractivity contribution >= 4 is 17.6 Å². The number of halogens is 2. The monoisotopic (exact) mass is 278 g/mol. The van der Waals surface area contributed by atoms with Gasteiger partial charge in [-0.05, 0) is 36.8 Å². The Hall–Kier alpha value is -1.87. The Morgan fingerprint density at radius 1 is 1.21 bits per heavy atom. The van der Waals surface area contributed by atoms with E-state index in [9.17, 15) is 9.18 Å². The van der Waals surface area contributed by atoms with E-state index in [0.29, 0.717) is 10.6 Å². The number of benzene rings is 2. The van der Waals surface area contributed by atoms with Gasteiger partial charge in [0, 0.05) is 10.6 Å². The fraction of sp³-hybridized carbons (Fsp3) is 0.133. The molecular weight excluding hydrogens is 267 g/mol.